The lowest BCUT2D eigenvalue weighted by Gasteiger charge is -2.18. The van der Waals surface area contributed by atoms with Crippen LogP contribution in [0.15, 0.2) is 35.7 Å². The Balaban J connectivity index is 2.30. The second kappa shape index (κ2) is 7.08. The molecule has 5 nitrogen and oxygen atoms in total. The lowest BCUT2D eigenvalue weighted by Crippen LogP contribution is -2.10. The molecular formula is C15H18N2O3S. The van der Waals surface area contributed by atoms with Gasteiger partial charge in [-0.15, -0.1) is 11.3 Å². The van der Waals surface area contributed by atoms with E-state index < -0.39 is 0 Å². The fourth-order valence-corrected chi connectivity index (χ4v) is 2.98. The Morgan fingerprint density at radius 1 is 1.43 bits per heavy atom. The predicted octanol–water partition coefficient (Wildman–Crippen LogP) is 4.62. The first kappa shape index (κ1) is 15.3. The Labute approximate surface area is 127 Å². The number of ether oxygens (including phenoxy) is 1. The number of anilines is 1. The number of nitro groups is 1. The standard InChI is InChI=1S/C15H18N2O3S/c1-3-5-13(15-6-4-9-21-15)16-12-8-7-11(20-2)10-14(12)17(18)19/h4,6-10,13,16H,3,5H2,1-2H3. The van der Waals surface area contributed by atoms with Crippen LogP contribution in [0.4, 0.5) is 11.4 Å². The molecule has 0 fully saturated rings. The third-order valence-electron chi connectivity index (χ3n) is 3.20. The summed E-state index contributed by atoms with van der Waals surface area (Å²) < 4.78 is 5.05. The van der Waals surface area contributed by atoms with Crippen LogP contribution < -0.4 is 10.1 Å². The molecule has 2 aromatic rings. The lowest BCUT2D eigenvalue weighted by atomic mass is 10.1. The van der Waals surface area contributed by atoms with Crippen LogP contribution in [0, 0.1) is 10.1 Å². The first-order valence-electron chi connectivity index (χ1n) is 6.78. The number of hydrogen-bond donors (Lipinski definition) is 1. The van der Waals surface area contributed by atoms with Gasteiger partial charge in [0.1, 0.15) is 11.4 Å². The van der Waals surface area contributed by atoms with Gasteiger partial charge >= 0.3 is 0 Å². The van der Waals surface area contributed by atoms with E-state index in [1.54, 1.807) is 23.5 Å². The predicted molar refractivity (Wildman–Crippen MR) is 85.2 cm³/mol. The number of benzene rings is 1. The number of rotatable bonds is 7. The molecule has 0 saturated carbocycles. The highest BCUT2D eigenvalue weighted by Crippen LogP contribution is 2.34. The topological polar surface area (TPSA) is 64.4 Å². The molecule has 1 unspecified atom stereocenters. The van der Waals surface area contributed by atoms with Crippen molar-refractivity contribution in [3.63, 3.8) is 0 Å². The third-order valence-corrected chi connectivity index (χ3v) is 4.18. The highest BCUT2D eigenvalue weighted by Gasteiger charge is 2.19. The highest BCUT2D eigenvalue weighted by atomic mass is 32.1. The molecule has 0 aliphatic carbocycles. The highest BCUT2D eigenvalue weighted by molar-refractivity contribution is 7.10. The smallest absolute Gasteiger partial charge is 0.296 e. The van der Waals surface area contributed by atoms with Crippen LogP contribution in [0.25, 0.3) is 0 Å². The maximum Gasteiger partial charge on any atom is 0.296 e. The molecule has 0 amide bonds. The van der Waals surface area contributed by atoms with Crippen molar-refractivity contribution < 1.29 is 9.66 Å². The number of nitrogens with one attached hydrogen (secondary N) is 1. The molecule has 0 aliphatic heterocycles. The Hall–Kier alpha value is -2.08. The van der Waals surface area contributed by atoms with Crippen molar-refractivity contribution in [2.75, 3.05) is 12.4 Å². The van der Waals surface area contributed by atoms with E-state index in [4.69, 9.17) is 4.74 Å². The summed E-state index contributed by atoms with van der Waals surface area (Å²) in [5.74, 6) is 0.482. The molecule has 0 radical (unpaired) electrons. The molecule has 0 spiro atoms. The zero-order valence-corrected chi connectivity index (χ0v) is 12.9. The molecule has 6 heteroatoms. The molecule has 1 aromatic carbocycles. The molecule has 21 heavy (non-hydrogen) atoms. The number of nitro benzene ring substituents is 1. The summed E-state index contributed by atoms with van der Waals surface area (Å²) in [6.45, 7) is 2.10. The van der Waals surface area contributed by atoms with Crippen molar-refractivity contribution in [3.05, 3.63) is 50.7 Å². The van der Waals surface area contributed by atoms with Gasteiger partial charge in [-0.25, -0.2) is 0 Å². The molecule has 112 valence electrons. The summed E-state index contributed by atoms with van der Waals surface area (Å²) in [6, 6.07) is 9.00. The maximum absolute atomic E-state index is 11.2. The SMILES string of the molecule is CCCC(Nc1ccc(OC)cc1[N+](=O)[O-])c1cccs1. The molecule has 1 atom stereocenters. The minimum absolute atomic E-state index is 0.0343. The van der Waals surface area contributed by atoms with E-state index in [9.17, 15) is 10.1 Å². The van der Waals surface area contributed by atoms with E-state index in [1.165, 1.54) is 18.1 Å². The molecule has 0 bridgehead atoms. The molecule has 0 aliphatic rings. The number of hydrogen-bond acceptors (Lipinski definition) is 5. The number of nitrogens with zero attached hydrogens (tertiary/aromatic N) is 1. The third kappa shape index (κ3) is 3.72. The van der Waals surface area contributed by atoms with Gasteiger partial charge in [-0.3, -0.25) is 10.1 Å². The van der Waals surface area contributed by atoms with E-state index in [2.05, 4.69) is 12.2 Å². The monoisotopic (exact) mass is 306 g/mol. The van der Waals surface area contributed by atoms with Gasteiger partial charge in [-0.05, 0) is 30.0 Å². The largest absolute Gasteiger partial charge is 0.496 e. The number of thiophene rings is 1. The zero-order chi connectivity index (χ0) is 15.2. The normalized spacial score (nSPS) is 11.9. The van der Waals surface area contributed by atoms with Gasteiger partial charge in [-0.2, -0.15) is 0 Å². The van der Waals surface area contributed by atoms with Crippen LogP contribution in [-0.4, -0.2) is 12.0 Å². The zero-order valence-electron chi connectivity index (χ0n) is 12.0. The van der Waals surface area contributed by atoms with Crippen molar-refractivity contribution in [1.29, 1.82) is 0 Å². The van der Waals surface area contributed by atoms with Crippen LogP contribution in [0.1, 0.15) is 30.7 Å². The molecule has 0 saturated heterocycles. The molecule has 1 N–H and O–H groups in total. The summed E-state index contributed by atoms with van der Waals surface area (Å²) in [6.07, 6.45) is 1.92. The average Bonchev–Trinajstić information content (AvgIpc) is 3.01. The summed E-state index contributed by atoms with van der Waals surface area (Å²) in [4.78, 5) is 12.0. The lowest BCUT2D eigenvalue weighted by molar-refractivity contribution is -0.384. The van der Waals surface area contributed by atoms with E-state index in [-0.39, 0.29) is 16.7 Å². The fraction of sp³-hybridized carbons (Fsp3) is 0.333. The fourth-order valence-electron chi connectivity index (χ4n) is 2.16. The van der Waals surface area contributed by atoms with Crippen molar-refractivity contribution in [2.24, 2.45) is 0 Å². The van der Waals surface area contributed by atoms with E-state index in [0.29, 0.717) is 11.4 Å². The van der Waals surface area contributed by atoms with Gasteiger partial charge in [0.05, 0.1) is 24.1 Å². The van der Waals surface area contributed by atoms with E-state index in [1.807, 2.05) is 17.5 Å². The van der Waals surface area contributed by atoms with Crippen LogP contribution in [-0.2, 0) is 0 Å². The van der Waals surface area contributed by atoms with Gasteiger partial charge in [0.15, 0.2) is 0 Å². The van der Waals surface area contributed by atoms with Crippen LogP contribution in [0.3, 0.4) is 0 Å². The van der Waals surface area contributed by atoms with Crippen molar-refractivity contribution >= 4 is 22.7 Å². The Morgan fingerprint density at radius 3 is 2.81 bits per heavy atom. The Kier molecular flexibility index (Phi) is 5.16. The van der Waals surface area contributed by atoms with Crippen LogP contribution in [0.2, 0.25) is 0 Å². The van der Waals surface area contributed by atoms with Crippen molar-refractivity contribution in [3.8, 4) is 5.75 Å². The van der Waals surface area contributed by atoms with E-state index >= 15 is 0 Å². The molecule has 1 aromatic heterocycles. The summed E-state index contributed by atoms with van der Waals surface area (Å²) in [5.41, 5.74) is 0.555. The summed E-state index contributed by atoms with van der Waals surface area (Å²) in [7, 11) is 1.50. The van der Waals surface area contributed by atoms with Crippen LogP contribution in [0.5, 0.6) is 5.75 Å². The summed E-state index contributed by atoms with van der Waals surface area (Å²) >= 11 is 1.66. The van der Waals surface area contributed by atoms with E-state index in [0.717, 1.165) is 12.8 Å². The van der Waals surface area contributed by atoms with Gasteiger partial charge in [-0.1, -0.05) is 19.4 Å². The molecule has 2 rings (SSSR count). The van der Waals surface area contributed by atoms with Gasteiger partial charge in [0.25, 0.3) is 5.69 Å². The first-order valence-corrected chi connectivity index (χ1v) is 7.66. The molecular weight excluding hydrogens is 288 g/mol. The van der Waals surface area contributed by atoms with Gasteiger partial charge in [0, 0.05) is 4.88 Å². The number of methoxy groups -OCH3 is 1. The second-order valence-electron chi connectivity index (χ2n) is 4.64. The maximum atomic E-state index is 11.2. The van der Waals surface area contributed by atoms with Crippen molar-refractivity contribution in [1.82, 2.24) is 0 Å². The Morgan fingerprint density at radius 2 is 2.24 bits per heavy atom. The molecule has 1 heterocycles. The second-order valence-corrected chi connectivity index (χ2v) is 5.62. The average molecular weight is 306 g/mol. The van der Waals surface area contributed by atoms with Gasteiger partial charge in [0.2, 0.25) is 0 Å². The summed E-state index contributed by atoms with van der Waals surface area (Å²) in [5, 5.41) is 16.5. The quantitative estimate of drug-likeness (QED) is 0.599. The Bertz CT molecular complexity index is 599. The van der Waals surface area contributed by atoms with Crippen molar-refractivity contribution in [2.45, 2.75) is 25.8 Å². The minimum Gasteiger partial charge on any atom is -0.496 e. The minimum atomic E-state index is -0.387. The first-order chi connectivity index (χ1) is 10.2. The van der Waals surface area contributed by atoms with Crippen LogP contribution >= 0.6 is 11.3 Å². The van der Waals surface area contributed by atoms with Gasteiger partial charge < -0.3 is 10.1 Å².